The molecular weight excluding hydrogens is 214 g/mol. The normalized spacial score (nSPS) is 29.3. The van der Waals surface area contributed by atoms with E-state index >= 15 is 0 Å². The summed E-state index contributed by atoms with van der Waals surface area (Å²) >= 11 is 0. The highest BCUT2D eigenvalue weighted by atomic mass is 16.5. The minimum absolute atomic E-state index is 0.387. The van der Waals surface area contributed by atoms with Gasteiger partial charge in [0.15, 0.2) is 0 Å². The maximum Gasteiger partial charge on any atom is 0.0880 e. The van der Waals surface area contributed by atoms with Crippen LogP contribution in [0, 0.1) is 11.8 Å². The molecule has 0 aromatic rings. The van der Waals surface area contributed by atoms with Crippen LogP contribution < -0.4 is 0 Å². The van der Waals surface area contributed by atoms with Crippen LogP contribution in [-0.4, -0.2) is 48.5 Å². The number of ether oxygens (including phenoxy) is 1. The average molecular weight is 243 g/mol. The summed E-state index contributed by atoms with van der Waals surface area (Å²) in [7, 11) is 1.66. The van der Waals surface area contributed by atoms with E-state index in [-0.39, 0.29) is 6.10 Å². The van der Waals surface area contributed by atoms with Crippen molar-refractivity contribution in [1.29, 1.82) is 0 Å². The van der Waals surface area contributed by atoms with Crippen LogP contribution in [-0.2, 0) is 4.74 Å². The van der Waals surface area contributed by atoms with Crippen molar-refractivity contribution in [3.05, 3.63) is 0 Å². The maximum atomic E-state index is 10.1. The predicted molar refractivity (Wildman–Crippen MR) is 71.1 cm³/mol. The van der Waals surface area contributed by atoms with Crippen molar-refractivity contribution in [3.8, 4) is 0 Å². The fourth-order valence-corrected chi connectivity index (χ4v) is 2.34. The van der Waals surface area contributed by atoms with Gasteiger partial charge in [-0.05, 0) is 45.1 Å². The van der Waals surface area contributed by atoms with Gasteiger partial charge in [0.2, 0.25) is 0 Å². The molecule has 0 spiro atoms. The molecule has 1 rings (SSSR count). The number of aliphatic hydroxyl groups is 1. The minimum atomic E-state index is -0.436. The second kappa shape index (κ2) is 6.17. The van der Waals surface area contributed by atoms with E-state index in [2.05, 4.69) is 18.7 Å². The Morgan fingerprint density at radius 2 is 2.00 bits per heavy atom. The fourth-order valence-electron chi connectivity index (χ4n) is 2.34. The molecule has 1 aliphatic heterocycles. The van der Waals surface area contributed by atoms with Crippen LogP contribution in [0.3, 0.4) is 0 Å². The van der Waals surface area contributed by atoms with Crippen molar-refractivity contribution in [2.75, 3.05) is 26.7 Å². The first-order chi connectivity index (χ1) is 7.86. The third kappa shape index (κ3) is 4.23. The Morgan fingerprint density at radius 1 is 1.35 bits per heavy atom. The van der Waals surface area contributed by atoms with Gasteiger partial charge in [-0.15, -0.1) is 0 Å². The summed E-state index contributed by atoms with van der Waals surface area (Å²) in [6.07, 6.45) is 1.69. The molecule has 3 unspecified atom stereocenters. The number of piperidine rings is 1. The standard InChI is InChI=1S/C14H29NO2/c1-11-6-8-15(10-12(11)2)9-7-13(16)14(3,4)17-5/h11-13,16H,6-10H2,1-5H3. The lowest BCUT2D eigenvalue weighted by Gasteiger charge is -2.37. The Hall–Kier alpha value is -0.120. The second-order valence-corrected chi connectivity index (χ2v) is 6.16. The van der Waals surface area contributed by atoms with Gasteiger partial charge < -0.3 is 14.7 Å². The molecule has 3 atom stereocenters. The topological polar surface area (TPSA) is 32.7 Å². The monoisotopic (exact) mass is 243 g/mol. The van der Waals surface area contributed by atoms with Crippen molar-refractivity contribution in [3.63, 3.8) is 0 Å². The molecule has 1 saturated heterocycles. The molecule has 0 amide bonds. The van der Waals surface area contributed by atoms with E-state index in [1.165, 1.54) is 19.5 Å². The summed E-state index contributed by atoms with van der Waals surface area (Å²) < 4.78 is 5.31. The van der Waals surface area contributed by atoms with E-state index in [1.807, 2.05) is 13.8 Å². The van der Waals surface area contributed by atoms with E-state index in [0.717, 1.165) is 24.8 Å². The van der Waals surface area contributed by atoms with Gasteiger partial charge in [0.25, 0.3) is 0 Å². The van der Waals surface area contributed by atoms with Crippen LogP contribution in [0.25, 0.3) is 0 Å². The predicted octanol–water partition coefficient (Wildman–Crippen LogP) is 2.14. The third-order valence-electron chi connectivity index (χ3n) is 4.47. The summed E-state index contributed by atoms with van der Waals surface area (Å²) in [5.41, 5.74) is -0.436. The summed E-state index contributed by atoms with van der Waals surface area (Å²) in [5, 5.41) is 10.1. The van der Waals surface area contributed by atoms with Crippen molar-refractivity contribution in [2.45, 2.75) is 52.2 Å². The lowest BCUT2D eigenvalue weighted by molar-refractivity contribution is -0.0832. The number of nitrogens with zero attached hydrogens (tertiary/aromatic N) is 1. The molecule has 0 bridgehead atoms. The van der Waals surface area contributed by atoms with E-state index in [0.29, 0.717) is 0 Å². The van der Waals surface area contributed by atoms with E-state index in [4.69, 9.17) is 4.74 Å². The van der Waals surface area contributed by atoms with Crippen LogP contribution in [0.5, 0.6) is 0 Å². The summed E-state index contributed by atoms with van der Waals surface area (Å²) in [4.78, 5) is 2.47. The molecule has 0 radical (unpaired) electrons. The molecule has 0 saturated carbocycles. The lowest BCUT2D eigenvalue weighted by atomic mass is 9.88. The molecule has 3 nitrogen and oxygen atoms in total. The average Bonchev–Trinajstić information content (AvgIpc) is 2.30. The maximum absolute atomic E-state index is 10.1. The Labute approximate surface area is 106 Å². The minimum Gasteiger partial charge on any atom is -0.390 e. The van der Waals surface area contributed by atoms with Crippen molar-refractivity contribution >= 4 is 0 Å². The molecule has 0 aliphatic carbocycles. The van der Waals surface area contributed by atoms with Gasteiger partial charge in [0.1, 0.15) is 0 Å². The molecule has 1 aliphatic rings. The van der Waals surface area contributed by atoms with Gasteiger partial charge in [-0.2, -0.15) is 0 Å². The lowest BCUT2D eigenvalue weighted by Crippen LogP contribution is -2.43. The molecule has 0 aromatic carbocycles. The first-order valence-corrected chi connectivity index (χ1v) is 6.82. The Bertz CT molecular complexity index is 230. The van der Waals surface area contributed by atoms with Crippen LogP contribution >= 0.6 is 0 Å². The molecule has 1 N–H and O–H groups in total. The van der Waals surface area contributed by atoms with Gasteiger partial charge in [-0.3, -0.25) is 0 Å². The molecule has 17 heavy (non-hydrogen) atoms. The molecule has 1 fully saturated rings. The second-order valence-electron chi connectivity index (χ2n) is 6.16. The number of likely N-dealkylation sites (tertiary alicyclic amines) is 1. The Kier molecular flexibility index (Phi) is 5.42. The van der Waals surface area contributed by atoms with E-state index in [9.17, 15) is 5.11 Å². The van der Waals surface area contributed by atoms with Crippen molar-refractivity contribution < 1.29 is 9.84 Å². The van der Waals surface area contributed by atoms with Crippen molar-refractivity contribution in [1.82, 2.24) is 4.90 Å². The molecular formula is C14H29NO2. The first kappa shape index (κ1) is 14.9. The van der Waals surface area contributed by atoms with Crippen LogP contribution in [0.15, 0.2) is 0 Å². The highest BCUT2D eigenvalue weighted by molar-refractivity contribution is 4.81. The number of hydrogen-bond donors (Lipinski definition) is 1. The molecule has 1 heterocycles. The van der Waals surface area contributed by atoms with Gasteiger partial charge in [-0.1, -0.05) is 13.8 Å². The van der Waals surface area contributed by atoms with E-state index < -0.39 is 5.60 Å². The summed E-state index contributed by atoms with van der Waals surface area (Å²) in [6.45, 7) is 11.9. The molecule has 3 heteroatoms. The largest absolute Gasteiger partial charge is 0.390 e. The van der Waals surface area contributed by atoms with Crippen molar-refractivity contribution in [2.24, 2.45) is 11.8 Å². The summed E-state index contributed by atoms with van der Waals surface area (Å²) in [6, 6.07) is 0. The van der Waals surface area contributed by atoms with Crippen LogP contribution in [0.2, 0.25) is 0 Å². The molecule has 102 valence electrons. The highest BCUT2D eigenvalue weighted by Gasteiger charge is 2.29. The van der Waals surface area contributed by atoms with Gasteiger partial charge in [-0.25, -0.2) is 0 Å². The van der Waals surface area contributed by atoms with Gasteiger partial charge in [0.05, 0.1) is 11.7 Å². The van der Waals surface area contributed by atoms with Crippen LogP contribution in [0.4, 0.5) is 0 Å². The number of rotatable bonds is 5. The highest BCUT2D eigenvalue weighted by Crippen LogP contribution is 2.23. The smallest absolute Gasteiger partial charge is 0.0880 e. The van der Waals surface area contributed by atoms with E-state index in [1.54, 1.807) is 7.11 Å². The quantitative estimate of drug-likeness (QED) is 0.803. The van der Waals surface area contributed by atoms with Crippen LogP contribution in [0.1, 0.15) is 40.5 Å². The molecule has 0 aromatic heterocycles. The number of hydrogen-bond acceptors (Lipinski definition) is 3. The Morgan fingerprint density at radius 3 is 2.53 bits per heavy atom. The zero-order chi connectivity index (χ0) is 13.1. The number of methoxy groups -OCH3 is 1. The number of aliphatic hydroxyl groups excluding tert-OH is 1. The van der Waals surface area contributed by atoms with Gasteiger partial charge >= 0.3 is 0 Å². The zero-order valence-electron chi connectivity index (χ0n) is 12.1. The SMILES string of the molecule is COC(C)(C)C(O)CCN1CCC(C)C(C)C1. The third-order valence-corrected chi connectivity index (χ3v) is 4.47. The van der Waals surface area contributed by atoms with Gasteiger partial charge in [0, 0.05) is 20.2 Å². The first-order valence-electron chi connectivity index (χ1n) is 6.82. The summed E-state index contributed by atoms with van der Waals surface area (Å²) in [5.74, 6) is 1.61. The zero-order valence-corrected chi connectivity index (χ0v) is 12.1. The Balaban J connectivity index is 2.32. The fraction of sp³-hybridized carbons (Fsp3) is 1.00.